The molecular weight excluding hydrogens is 487 g/mol. The normalized spacial score (nSPS) is 21.2. The summed E-state index contributed by atoms with van der Waals surface area (Å²) < 4.78 is 29.6. The Bertz CT molecular complexity index is 1280. The minimum Gasteiger partial charge on any atom is -0.384 e. The van der Waals surface area contributed by atoms with Crippen LogP contribution in [0.15, 0.2) is 42.5 Å². The number of nitrogens with zero attached hydrogens (tertiary/aromatic N) is 2. The van der Waals surface area contributed by atoms with E-state index in [2.05, 4.69) is 5.32 Å². The molecule has 2 unspecified atom stereocenters. The molecule has 2 atom stereocenters. The first-order chi connectivity index (χ1) is 16.7. The number of hydrogen-bond acceptors (Lipinski definition) is 4. The van der Waals surface area contributed by atoms with E-state index in [4.69, 9.17) is 11.6 Å². The lowest BCUT2D eigenvalue weighted by Crippen LogP contribution is -2.62. The van der Waals surface area contributed by atoms with Gasteiger partial charge in [-0.15, -0.1) is 0 Å². The van der Waals surface area contributed by atoms with Gasteiger partial charge in [0, 0.05) is 35.1 Å². The van der Waals surface area contributed by atoms with Crippen molar-refractivity contribution in [2.24, 2.45) is 0 Å². The van der Waals surface area contributed by atoms with Gasteiger partial charge in [0.05, 0.1) is 0 Å². The minimum absolute atomic E-state index is 0.107. The van der Waals surface area contributed by atoms with Gasteiger partial charge in [-0.2, -0.15) is 8.78 Å². The van der Waals surface area contributed by atoms with Gasteiger partial charge in [-0.25, -0.2) is 0 Å². The molecule has 1 N–H and O–H groups in total. The maximum absolute atomic E-state index is 14.8. The molecule has 0 aliphatic carbocycles. The molecule has 0 bridgehead atoms. The summed E-state index contributed by atoms with van der Waals surface area (Å²) in [5, 5.41) is 1.84. The van der Waals surface area contributed by atoms with Crippen molar-refractivity contribution in [2.75, 3.05) is 0 Å². The molecule has 7 nitrogen and oxygen atoms in total. The molecule has 14 heteroatoms. The van der Waals surface area contributed by atoms with Crippen molar-refractivity contribution < 1.29 is 28.0 Å². The summed E-state index contributed by atoms with van der Waals surface area (Å²) in [5.41, 5.74) is 1.12. The van der Waals surface area contributed by atoms with Crippen molar-refractivity contribution >= 4 is 66.7 Å². The van der Waals surface area contributed by atoms with Crippen LogP contribution < -0.4 is 5.32 Å². The zero-order valence-corrected chi connectivity index (χ0v) is 21.0. The number of hydrogen-bond donors (Lipinski definition) is 1. The van der Waals surface area contributed by atoms with E-state index in [1.165, 1.54) is 25.0 Å². The summed E-state index contributed by atoms with van der Waals surface area (Å²) in [5.74, 6) is -6.85. The standard InChI is InChI=1S/C22H22B4ClF2N3O4/c23-15-17(33)30-18(34)16(21(15,24)25)31-9-11-7-10(1-6-14(11)19(31)35)8-32(26)20(36)22(28,29)12-2-4-13(27)5-3-12/h1-7,15-16H,8-9,23-26H2,(H,30,33,34). The molecule has 2 aromatic carbocycles. The van der Waals surface area contributed by atoms with Crippen LogP contribution in [-0.2, 0) is 33.4 Å². The van der Waals surface area contributed by atoms with Gasteiger partial charge in [0.1, 0.15) is 29.6 Å². The number of benzene rings is 2. The number of nitrogens with one attached hydrogen (secondary N) is 1. The van der Waals surface area contributed by atoms with Crippen LogP contribution in [-0.4, -0.2) is 70.9 Å². The van der Waals surface area contributed by atoms with E-state index in [0.29, 0.717) is 16.7 Å². The van der Waals surface area contributed by atoms with Gasteiger partial charge in [0.2, 0.25) is 19.8 Å². The maximum Gasteiger partial charge on any atom is 0.348 e. The van der Waals surface area contributed by atoms with Gasteiger partial charge < -0.3 is 9.71 Å². The van der Waals surface area contributed by atoms with Crippen LogP contribution in [0.3, 0.4) is 0 Å². The molecule has 2 aliphatic rings. The van der Waals surface area contributed by atoms with Crippen LogP contribution in [0.1, 0.15) is 27.0 Å². The van der Waals surface area contributed by atoms with Gasteiger partial charge >= 0.3 is 5.92 Å². The first-order valence-corrected chi connectivity index (χ1v) is 11.8. The monoisotopic (exact) mass is 509 g/mol. The first kappa shape index (κ1) is 26.0. The topological polar surface area (TPSA) is 86.8 Å². The van der Waals surface area contributed by atoms with Crippen molar-refractivity contribution in [1.29, 1.82) is 0 Å². The second-order valence-corrected chi connectivity index (χ2v) is 10.4. The van der Waals surface area contributed by atoms with Crippen LogP contribution >= 0.6 is 11.6 Å². The van der Waals surface area contributed by atoms with E-state index in [-0.39, 0.29) is 29.9 Å². The lowest BCUT2D eigenvalue weighted by atomic mass is 9.39. The predicted octanol–water partition coefficient (Wildman–Crippen LogP) is -1.21. The van der Waals surface area contributed by atoms with Crippen molar-refractivity contribution in [3.05, 3.63) is 69.7 Å². The van der Waals surface area contributed by atoms with Crippen LogP contribution in [0, 0.1) is 0 Å². The van der Waals surface area contributed by atoms with Crippen LogP contribution in [0.2, 0.25) is 16.1 Å². The van der Waals surface area contributed by atoms with Gasteiger partial charge in [0.15, 0.2) is 0 Å². The zero-order chi connectivity index (χ0) is 26.6. The molecule has 1 saturated heterocycles. The smallest absolute Gasteiger partial charge is 0.348 e. The summed E-state index contributed by atoms with van der Waals surface area (Å²) in [6.07, 6.45) is 0. The number of amides is 4. The highest BCUT2D eigenvalue weighted by molar-refractivity contribution is 6.50. The van der Waals surface area contributed by atoms with E-state index >= 15 is 0 Å². The summed E-state index contributed by atoms with van der Waals surface area (Å²) >= 11 is 5.76. The predicted molar refractivity (Wildman–Crippen MR) is 140 cm³/mol. The van der Waals surface area contributed by atoms with Crippen molar-refractivity contribution in [2.45, 2.75) is 36.1 Å². The number of alkyl halides is 2. The Kier molecular flexibility index (Phi) is 6.58. The van der Waals surface area contributed by atoms with Crippen LogP contribution in [0.25, 0.3) is 0 Å². The molecule has 4 amide bonds. The molecule has 0 radical (unpaired) electrons. The number of carbonyl (C=O) groups excluding carboxylic acids is 4. The Morgan fingerprint density at radius 1 is 1.14 bits per heavy atom. The van der Waals surface area contributed by atoms with E-state index in [9.17, 15) is 28.0 Å². The number of fused-ring (bicyclic) bond motifs is 1. The summed E-state index contributed by atoms with van der Waals surface area (Å²) in [7, 11) is 6.56. The number of rotatable bonds is 5. The van der Waals surface area contributed by atoms with E-state index in [1.807, 2.05) is 0 Å². The third-order valence-electron chi connectivity index (χ3n) is 7.26. The number of piperidine rings is 1. The molecule has 0 aromatic heterocycles. The summed E-state index contributed by atoms with van der Waals surface area (Å²) in [6, 6.07) is 8.82. The molecule has 4 rings (SSSR count). The first-order valence-electron chi connectivity index (χ1n) is 11.4. The Morgan fingerprint density at radius 2 is 1.78 bits per heavy atom. The zero-order valence-electron chi connectivity index (χ0n) is 20.3. The molecule has 36 heavy (non-hydrogen) atoms. The Balaban J connectivity index is 1.52. The summed E-state index contributed by atoms with van der Waals surface area (Å²) in [6.45, 7) is 0.0213. The second kappa shape index (κ2) is 9.10. The lowest BCUT2D eigenvalue weighted by Gasteiger charge is -2.46. The molecule has 0 saturated carbocycles. The fourth-order valence-corrected chi connectivity index (χ4v) is 4.95. The number of carbonyl (C=O) groups is 4. The molecular formula is C22H22B4ClF2N3O4. The van der Waals surface area contributed by atoms with Crippen LogP contribution in [0.4, 0.5) is 8.78 Å². The molecule has 2 aliphatic heterocycles. The second-order valence-electron chi connectivity index (χ2n) is 9.97. The van der Waals surface area contributed by atoms with Crippen molar-refractivity contribution in [3.8, 4) is 0 Å². The molecule has 2 heterocycles. The number of halogens is 3. The molecule has 1 fully saturated rings. The third kappa shape index (κ3) is 4.34. The average molecular weight is 509 g/mol. The van der Waals surface area contributed by atoms with Gasteiger partial charge in [0.25, 0.3) is 11.8 Å². The lowest BCUT2D eigenvalue weighted by molar-refractivity contribution is -0.154. The van der Waals surface area contributed by atoms with E-state index < -0.39 is 40.4 Å². The van der Waals surface area contributed by atoms with Crippen molar-refractivity contribution in [3.63, 3.8) is 0 Å². The number of imide groups is 1. The molecule has 182 valence electrons. The Hall–Kier alpha value is -3.07. The third-order valence-corrected chi connectivity index (χ3v) is 7.52. The fraction of sp³-hybridized carbons (Fsp3) is 0.273. The fourth-order valence-electron chi connectivity index (χ4n) is 4.83. The largest absolute Gasteiger partial charge is 0.384 e. The molecule has 2 aromatic rings. The molecule has 0 spiro atoms. The SMILES string of the molecule is BC1C(=O)NC(=O)C(N2Cc3cc(CN(B)C(=O)C(F)(F)c4ccc(Cl)cc4)ccc3C2=O)C1(B)B. The summed E-state index contributed by atoms with van der Waals surface area (Å²) in [4.78, 5) is 52.9. The van der Waals surface area contributed by atoms with E-state index in [1.54, 1.807) is 41.7 Å². The van der Waals surface area contributed by atoms with Crippen molar-refractivity contribution in [1.82, 2.24) is 15.0 Å². The minimum atomic E-state index is -3.74. The van der Waals surface area contributed by atoms with Gasteiger partial charge in [-0.3, -0.25) is 24.5 Å². The van der Waals surface area contributed by atoms with Crippen LogP contribution in [0.5, 0.6) is 0 Å². The highest BCUT2D eigenvalue weighted by Crippen LogP contribution is 2.43. The highest BCUT2D eigenvalue weighted by Gasteiger charge is 2.52. The average Bonchev–Trinajstić information content (AvgIpc) is 3.12. The van der Waals surface area contributed by atoms with E-state index in [0.717, 1.165) is 16.9 Å². The Morgan fingerprint density at radius 3 is 2.42 bits per heavy atom. The maximum atomic E-state index is 14.8. The highest BCUT2D eigenvalue weighted by atomic mass is 35.5. The van der Waals surface area contributed by atoms with Gasteiger partial charge in [-0.1, -0.05) is 41.1 Å². The Labute approximate surface area is 215 Å². The van der Waals surface area contributed by atoms with Gasteiger partial charge in [-0.05, 0) is 29.3 Å². The quantitative estimate of drug-likeness (QED) is 0.406.